The predicted molar refractivity (Wildman–Crippen MR) is 151 cm³/mol. The Bertz CT molecular complexity index is 1530. The number of piperazine rings is 1. The van der Waals surface area contributed by atoms with Crippen molar-refractivity contribution in [2.24, 2.45) is 11.8 Å². The van der Waals surface area contributed by atoms with Crippen LogP contribution in [0.15, 0.2) is 42.9 Å². The van der Waals surface area contributed by atoms with Crippen LogP contribution in [0.2, 0.25) is 0 Å². The van der Waals surface area contributed by atoms with Crippen molar-refractivity contribution in [1.82, 2.24) is 34.5 Å². The van der Waals surface area contributed by atoms with Crippen LogP contribution in [-0.4, -0.2) is 66.6 Å². The van der Waals surface area contributed by atoms with Gasteiger partial charge < -0.3 is 9.88 Å². The molecule has 7 rings (SSSR count). The van der Waals surface area contributed by atoms with E-state index in [1.807, 2.05) is 34.1 Å². The molecule has 0 bridgehead atoms. The average molecular weight is 542 g/mol. The number of aromatic nitrogens is 5. The number of halogens is 1. The van der Waals surface area contributed by atoms with Crippen molar-refractivity contribution in [3.8, 4) is 11.1 Å². The van der Waals surface area contributed by atoms with Gasteiger partial charge in [0.1, 0.15) is 11.3 Å². The Morgan fingerprint density at radius 3 is 2.70 bits per heavy atom. The lowest BCUT2D eigenvalue weighted by Gasteiger charge is -2.38. The van der Waals surface area contributed by atoms with Crippen LogP contribution < -0.4 is 0 Å². The Kier molecular flexibility index (Phi) is 6.62. The van der Waals surface area contributed by atoms with Crippen molar-refractivity contribution in [3.05, 3.63) is 65.8 Å². The number of H-pyrrole nitrogens is 1. The van der Waals surface area contributed by atoms with Gasteiger partial charge in [-0.15, -0.1) is 0 Å². The SMILES string of the molecule is CC(c1ccnc(Cc2nc3c(F)c(-c4cnn(CC5CCC5)c4)ccc3[nH]2)c1)N1CCN(C(=O)C2CC2)CC1. The number of pyridine rings is 1. The Labute approximate surface area is 233 Å². The van der Waals surface area contributed by atoms with E-state index in [-0.39, 0.29) is 17.8 Å². The molecule has 4 heterocycles. The van der Waals surface area contributed by atoms with Crippen LogP contribution in [0.4, 0.5) is 4.39 Å². The summed E-state index contributed by atoms with van der Waals surface area (Å²) >= 11 is 0. The fourth-order valence-corrected chi connectivity index (χ4v) is 6.10. The van der Waals surface area contributed by atoms with Gasteiger partial charge in [-0.2, -0.15) is 5.10 Å². The molecule has 208 valence electrons. The summed E-state index contributed by atoms with van der Waals surface area (Å²) < 4.78 is 17.5. The average Bonchev–Trinajstić information content (AvgIpc) is 3.56. The van der Waals surface area contributed by atoms with E-state index >= 15 is 4.39 Å². The highest BCUT2D eigenvalue weighted by atomic mass is 19.1. The van der Waals surface area contributed by atoms with Gasteiger partial charge in [0.25, 0.3) is 0 Å². The van der Waals surface area contributed by atoms with E-state index in [9.17, 15) is 4.79 Å². The number of aromatic amines is 1. The largest absolute Gasteiger partial charge is 0.342 e. The molecule has 3 fully saturated rings. The minimum absolute atomic E-state index is 0.223. The number of nitrogens with zero attached hydrogens (tertiary/aromatic N) is 6. The molecule has 1 aromatic carbocycles. The normalized spacial score (nSPS) is 19.2. The van der Waals surface area contributed by atoms with E-state index in [2.05, 4.69) is 44.0 Å². The lowest BCUT2D eigenvalue weighted by molar-refractivity contribution is -0.134. The molecule has 1 atom stereocenters. The summed E-state index contributed by atoms with van der Waals surface area (Å²) in [5.41, 5.74) is 4.42. The van der Waals surface area contributed by atoms with Crippen molar-refractivity contribution >= 4 is 16.9 Å². The van der Waals surface area contributed by atoms with Crippen LogP contribution in [0, 0.1) is 17.7 Å². The maximum atomic E-state index is 15.6. The zero-order chi connectivity index (χ0) is 27.2. The third-order valence-electron chi connectivity index (χ3n) is 9.03. The Morgan fingerprint density at radius 1 is 1.12 bits per heavy atom. The minimum atomic E-state index is -0.321. The van der Waals surface area contributed by atoms with Gasteiger partial charge in [-0.3, -0.25) is 19.4 Å². The highest BCUT2D eigenvalue weighted by molar-refractivity contribution is 5.83. The van der Waals surface area contributed by atoms with Crippen molar-refractivity contribution < 1.29 is 9.18 Å². The van der Waals surface area contributed by atoms with Crippen molar-refractivity contribution in [1.29, 1.82) is 0 Å². The molecule has 2 saturated carbocycles. The van der Waals surface area contributed by atoms with Gasteiger partial charge in [-0.05, 0) is 68.4 Å². The van der Waals surface area contributed by atoms with Crippen molar-refractivity contribution in [2.45, 2.75) is 58.0 Å². The number of amides is 1. The molecule has 9 heteroatoms. The standard InChI is InChI=1S/C31H36FN7O/c1-20(37-11-13-38(14-12-37)31(40)22-5-6-22)23-9-10-33-25(15-23)16-28-35-27-8-7-26(29(32)30(27)36-28)24-17-34-39(19-24)18-21-3-2-4-21/h7-10,15,17,19-22H,2-6,11-14,16,18H2,1H3,(H,35,36). The van der Waals surface area contributed by atoms with Gasteiger partial charge in [0, 0.05) is 80.3 Å². The molecule has 40 heavy (non-hydrogen) atoms. The molecular formula is C31H36FN7O. The van der Waals surface area contributed by atoms with Crippen molar-refractivity contribution in [3.63, 3.8) is 0 Å². The summed E-state index contributed by atoms with van der Waals surface area (Å²) in [6.45, 7) is 6.46. The lowest BCUT2D eigenvalue weighted by atomic mass is 9.85. The zero-order valence-electron chi connectivity index (χ0n) is 23.0. The van der Waals surface area contributed by atoms with Crippen LogP contribution in [0.3, 0.4) is 0 Å². The van der Waals surface area contributed by atoms with Crippen LogP contribution in [-0.2, 0) is 17.8 Å². The van der Waals surface area contributed by atoms with Crippen molar-refractivity contribution in [2.75, 3.05) is 26.2 Å². The molecule has 0 radical (unpaired) electrons. The Hall–Kier alpha value is -3.59. The molecule has 4 aromatic rings. The summed E-state index contributed by atoms with van der Waals surface area (Å²) in [6, 6.07) is 8.11. The second-order valence-corrected chi connectivity index (χ2v) is 11.8. The van der Waals surface area contributed by atoms with E-state index in [1.165, 1.54) is 24.8 Å². The summed E-state index contributed by atoms with van der Waals surface area (Å²) in [7, 11) is 0. The second kappa shape index (κ2) is 10.4. The molecule has 3 aromatic heterocycles. The molecule has 1 aliphatic heterocycles. The number of carbonyl (C=O) groups excluding carboxylic acids is 1. The molecule has 1 N–H and O–H groups in total. The third-order valence-corrected chi connectivity index (χ3v) is 9.03. The summed E-state index contributed by atoms with van der Waals surface area (Å²) in [6.07, 6.45) is 11.9. The number of carbonyl (C=O) groups is 1. The van der Waals surface area contributed by atoms with Crippen LogP contribution in [0.25, 0.3) is 22.2 Å². The highest BCUT2D eigenvalue weighted by Crippen LogP contribution is 2.33. The molecule has 8 nitrogen and oxygen atoms in total. The monoisotopic (exact) mass is 541 g/mol. The molecule has 1 amide bonds. The molecule has 1 saturated heterocycles. The smallest absolute Gasteiger partial charge is 0.225 e. The first kappa shape index (κ1) is 25.4. The van der Waals surface area contributed by atoms with Gasteiger partial charge in [0.15, 0.2) is 5.82 Å². The number of fused-ring (bicyclic) bond motifs is 1. The molecule has 0 spiro atoms. The second-order valence-electron chi connectivity index (χ2n) is 11.8. The Balaban J connectivity index is 1.04. The van der Waals surface area contributed by atoms with E-state index in [1.54, 1.807) is 6.20 Å². The van der Waals surface area contributed by atoms with Crippen LogP contribution in [0.5, 0.6) is 0 Å². The number of nitrogens with one attached hydrogen (secondary N) is 1. The first-order valence-electron chi connectivity index (χ1n) is 14.7. The van der Waals surface area contributed by atoms with Crippen LogP contribution >= 0.6 is 0 Å². The molecular weight excluding hydrogens is 505 g/mol. The van der Waals surface area contributed by atoms with Gasteiger partial charge in [-0.1, -0.05) is 6.42 Å². The first-order valence-corrected chi connectivity index (χ1v) is 14.7. The van der Waals surface area contributed by atoms with Gasteiger partial charge >= 0.3 is 0 Å². The fourth-order valence-electron chi connectivity index (χ4n) is 6.10. The topological polar surface area (TPSA) is 82.9 Å². The predicted octanol–water partition coefficient (Wildman–Crippen LogP) is 4.97. The summed E-state index contributed by atoms with van der Waals surface area (Å²) in [5.74, 6) is 1.68. The third kappa shape index (κ3) is 5.03. The first-order chi connectivity index (χ1) is 19.5. The number of hydrogen-bond donors (Lipinski definition) is 1. The number of imidazole rings is 1. The molecule has 1 unspecified atom stereocenters. The zero-order valence-corrected chi connectivity index (χ0v) is 23.0. The number of benzene rings is 1. The fraction of sp³-hybridized carbons (Fsp3) is 0.484. The van der Waals surface area contributed by atoms with Gasteiger partial charge in [-0.25, -0.2) is 9.37 Å². The maximum absolute atomic E-state index is 15.6. The van der Waals surface area contributed by atoms with E-state index < -0.39 is 0 Å². The highest BCUT2D eigenvalue weighted by Gasteiger charge is 2.35. The quantitative estimate of drug-likeness (QED) is 0.341. The Morgan fingerprint density at radius 2 is 1.95 bits per heavy atom. The minimum Gasteiger partial charge on any atom is -0.342 e. The van der Waals surface area contributed by atoms with Crippen LogP contribution in [0.1, 0.15) is 62.2 Å². The summed E-state index contributed by atoms with van der Waals surface area (Å²) in [5, 5.41) is 4.47. The van der Waals surface area contributed by atoms with E-state index in [4.69, 9.17) is 0 Å². The van der Waals surface area contributed by atoms with E-state index in [0.717, 1.165) is 56.8 Å². The maximum Gasteiger partial charge on any atom is 0.225 e. The number of hydrogen-bond acceptors (Lipinski definition) is 5. The van der Waals surface area contributed by atoms with Gasteiger partial charge in [0.05, 0.1) is 11.7 Å². The molecule has 2 aliphatic carbocycles. The summed E-state index contributed by atoms with van der Waals surface area (Å²) in [4.78, 5) is 29.4. The van der Waals surface area contributed by atoms with E-state index in [0.29, 0.717) is 40.7 Å². The van der Waals surface area contributed by atoms with Gasteiger partial charge in [0.2, 0.25) is 5.91 Å². The number of rotatable bonds is 8. The lowest BCUT2D eigenvalue weighted by Crippen LogP contribution is -2.49. The molecule has 3 aliphatic rings.